The number of piperazine rings is 1. The summed E-state index contributed by atoms with van der Waals surface area (Å²) in [4.78, 5) is 14.6. The standard InChI is InChI=1S/C22H23ClF2N2O4S/c23-17-3-1-2-16(14-17)22(6-12-31-13-7-22)21(28)26-8-10-27(11-9-26)32(29,30)20-15-18(24)4-5-19(20)25/h1-5,14-15H,6-13H2. The van der Waals surface area contributed by atoms with Crippen LogP contribution in [0.4, 0.5) is 8.78 Å². The first-order valence-electron chi connectivity index (χ1n) is 10.3. The molecule has 0 aromatic heterocycles. The van der Waals surface area contributed by atoms with Crippen LogP contribution in [0.1, 0.15) is 18.4 Å². The number of hydrogen-bond donors (Lipinski definition) is 0. The second-order valence-corrected chi connectivity index (χ2v) is 10.3. The van der Waals surface area contributed by atoms with E-state index in [2.05, 4.69) is 0 Å². The number of hydrogen-bond acceptors (Lipinski definition) is 4. The molecule has 1 amide bonds. The Morgan fingerprint density at radius 3 is 2.34 bits per heavy atom. The molecule has 6 nitrogen and oxygen atoms in total. The molecule has 2 aliphatic rings. The molecule has 32 heavy (non-hydrogen) atoms. The topological polar surface area (TPSA) is 66.9 Å². The number of halogens is 3. The fourth-order valence-corrected chi connectivity index (χ4v) is 6.07. The van der Waals surface area contributed by atoms with Crippen LogP contribution in [0.15, 0.2) is 47.4 Å². The highest BCUT2D eigenvalue weighted by Crippen LogP contribution is 2.38. The zero-order valence-corrected chi connectivity index (χ0v) is 18.8. The highest BCUT2D eigenvalue weighted by Gasteiger charge is 2.45. The molecule has 0 aliphatic carbocycles. The predicted octanol–water partition coefficient (Wildman–Crippen LogP) is 3.20. The van der Waals surface area contributed by atoms with E-state index in [1.165, 1.54) is 0 Å². The van der Waals surface area contributed by atoms with Crippen LogP contribution in [0.2, 0.25) is 5.02 Å². The van der Waals surface area contributed by atoms with E-state index in [1.807, 2.05) is 6.07 Å². The van der Waals surface area contributed by atoms with Crippen molar-refractivity contribution in [3.05, 3.63) is 64.7 Å². The van der Waals surface area contributed by atoms with E-state index in [9.17, 15) is 22.0 Å². The minimum absolute atomic E-state index is 0.00779. The normalized spacial score (nSPS) is 19.7. The van der Waals surface area contributed by atoms with Crippen molar-refractivity contribution in [3.8, 4) is 0 Å². The van der Waals surface area contributed by atoms with Gasteiger partial charge in [0.05, 0.1) is 5.41 Å². The summed E-state index contributed by atoms with van der Waals surface area (Å²) in [5, 5.41) is 0.536. The molecule has 0 bridgehead atoms. The summed E-state index contributed by atoms with van der Waals surface area (Å²) < 4.78 is 59.9. The summed E-state index contributed by atoms with van der Waals surface area (Å²) in [6.07, 6.45) is 0.998. The zero-order chi connectivity index (χ0) is 22.9. The number of carbonyl (C=O) groups excluding carboxylic acids is 1. The maximum atomic E-state index is 14.1. The smallest absolute Gasteiger partial charge is 0.246 e. The van der Waals surface area contributed by atoms with Gasteiger partial charge >= 0.3 is 0 Å². The SMILES string of the molecule is O=C(N1CCN(S(=O)(=O)c2cc(F)ccc2F)CC1)C1(c2cccc(Cl)c2)CCOCC1. The first-order chi connectivity index (χ1) is 15.2. The molecule has 10 heteroatoms. The summed E-state index contributed by atoms with van der Waals surface area (Å²) in [5.74, 6) is -1.94. The van der Waals surface area contributed by atoms with Gasteiger partial charge in [-0.25, -0.2) is 17.2 Å². The van der Waals surface area contributed by atoms with Crippen LogP contribution in [-0.2, 0) is 25.0 Å². The van der Waals surface area contributed by atoms with Gasteiger partial charge in [0.15, 0.2) is 0 Å². The second-order valence-electron chi connectivity index (χ2n) is 7.98. The molecule has 172 valence electrons. The van der Waals surface area contributed by atoms with E-state index in [0.717, 1.165) is 22.0 Å². The van der Waals surface area contributed by atoms with E-state index in [1.54, 1.807) is 23.1 Å². The zero-order valence-electron chi connectivity index (χ0n) is 17.3. The second kappa shape index (κ2) is 9.05. The lowest BCUT2D eigenvalue weighted by Gasteiger charge is -2.42. The lowest BCUT2D eigenvalue weighted by atomic mass is 9.73. The minimum Gasteiger partial charge on any atom is -0.381 e. The minimum atomic E-state index is -4.22. The Bertz CT molecular complexity index is 1110. The van der Waals surface area contributed by atoms with Crippen LogP contribution in [0.3, 0.4) is 0 Å². The summed E-state index contributed by atoms with van der Waals surface area (Å²) in [7, 11) is -4.22. The lowest BCUT2D eigenvalue weighted by Crippen LogP contribution is -2.56. The maximum absolute atomic E-state index is 14.1. The van der Waals surface area contributed by atoms with E-state index in [-0.39, 0.29) is 32.1 Å². The number of nitrogens with zero attached hydrogens (tertiary/aromatic N) is 2. The molecule has 2 saturated heterocycles. The van der Waals surface area contributed by atoms with Crippen molar-refractivity contribution in [2.24, 2.45) is 0 Å². The highest BCUT2D eigenvalue weighted by atomic mass is 35.5. The molecule has 2 heterocycles. The lowest BCUT2D eigenvalue weighted by molar-refractivity contribution is -0.142. The Balaban J connectivity index is 1.54. The van der Waals surface area contributed by atoms with Crippen molar-refractivity contribution in [2.45, 2.75) is 23.2 Å². The van der Waals surface area contributed by atoms with Gasteiger partial charge in [-0.3, -0.25) is 4.79 Å². The van der Waals surface area contributed by atoms with Gasteiger partial charge in [0, 0.05) is 44.4 Å². The van der Waals surface area contributed by atoms with Gasteiger partial charge in [-0.2, -0.15) is 4.31 Å². The van der Waals surface area contributed by atoms with E-state index in [4.69, 9.17) is 16.3 Å². The summed E-state index contributed by atoms with van der Waals surface area (Å²) in [6, 6.07) is 9.56. The van der Waals surface area contributed by atoms with Crippen molar-refractivity contribution < 1.29 is 26.7 Å². The van der Waals surface area contributed by atoms with Crippen LogP contribution in [0.5, 0.6) is 0 Å². The monoisotopic (exact) mass is 484 g/mol. The average Bonchev–Trinajstić information content (AvgIpc) is 2.80. The average molecular weight is 485 g/mol. The first-order valence-corrected chi connectivity index (χ1v) is 12.1. The molecule has 0 unspecified atom stereocenters. The first kappa shape index (κ1) is 23.1. The Hall–Kier alpha value is -2.07. The molecule has 2 aromatic rings. The summed E-state index contributed by atoms with van der Waals surface area (Å²) >= 11 is 6.18. The molecule has 0 atom stereocenters. The van der Waals surface area contributed by atoms with Gasteiger partial charge in [-0.05, 0) is 48.7 Å². The molecule has 4 rings (SSSR count). The Morgan fingerprint density at radius 1 is 1.00 bits per heavy atom. The van der Waals surface area contributed by atoms with E-state index < -0.39 is 32.0 Å². The third-order valence-electron chi connectivity index (χ3n) is 6.17. The van der Waals surface area contributed by atoms with Gasteiger partial charge in [0.25, 0.3) is 0 Å². The molecule has 2 fully saturated rings. The Labute approximate surface area is 190 Å². The number of carbonyl (C=O) groups is 1. The quantitative estimate of drug-likeness (QED) is 0.668. The van der Waals surface area contributed by atoms with Crippen molar-refractivity contribution in [1.29, 1.82) is 0 Å². The van der Waals surface area contributed by atoms with Gasteiger partial charge in [0.2, 0.25) is 15.9 Å². The highest BCUT2D eigenvalue weighted by molar-refractivity contribution is 7.89. The van der Waals surface area contributed by atoms with Crippen molar-refractivity contribution in [3.63, 3.8) is 0 Å². The van der Waals surface area contributed by atoms with E-state index in [0.29, 0.717) is 37.1 Å². The number of rotatable bonds is 4. The molecular weight excluding hydrogens is 462 g/mol. The molecule has 0 N–H and O–H groups in total. The van der Waals surface area contributed by atoms with Gasteiger partial charge in [0.1, 0.15) is 16.5 Å². The molecule has 0 spiro atoms. The fraction of sp³-hybridized carbons (Fsp3) is 0.409. The molecule has 0 saturated carbocycles. The molecule has 2 aliphatic heterocycles. The van der Waals surface area contributed by atoms with Gasteiger partial charge < -0.3 is 9.64 Å². The number of amides is 1. The van der Waals surface area contributed by atoms with Crippen LogP contribution in [0.25, 0.3) is 0 Å². The van der Waals surface area contributed by atoms with Gasteiger partial charge in [-0.1, -0.05) is 23.7 Å². The molecule has 2 aromatic carbocycles. The van der Waals surface area contributed by atoms with Crippen LogP contribution >= 0.6 is 11.6 Å². The van der Waals surface area contributed by atoms with Crippen LogP contribution in [0, 0.1) is 11.6 Å². The fourth-order valence-electron chi connectivity index (χ4n) is 4.38. The third-order valence-corrected chi connectivity index (χ3v) is 8.32. The Kier molecular flexibility index (Phi) is 6.53. The van der Waals surface area contributed by atoms with Crippen molar-refractivity contribution in [1.82, 2.24) is 9.21 Å². The van der Waals surface area contributed by atoms with Crippen molar-refractivity contribution in [2.75, 3.05) is 39.4 Å². The summed E-state index contributed by atoms with van der Waals surface area (Å²) in [5.41, 5.74) is 0.0222. The summed E-state index contributed by atoms with van der Waals surface area (Å²) in [6.45, 7) is 1.16. The van der Waals surface area contributed by atoms with Crippen molar-refractivity contribution >= 4 is 27.5 Å². The number of ether oxygens (including phenoxy) is 1. The number of sulfonamides is 1. The van der Waals surface area contributed by atoms with Gasteiger partial charge in [-0.15, -0.1) is 0 Å². The van der Waals surface area contributed by atoms with Crippen LogP contribution < -0.4 is 0 Å². The predicted molar refractivity (Wildman–Crippen MR) is 115 cm³/mol. The Morgan fingerprint density at radius 2 is 1.69 bits per heavy atom. The van der Waals surface area contributed by atoms with E-state index >= 15 is 0 Å². The largest absolute Gasteiger partial charge is 0.381 e. The molecular formula is C22H23ClF2N2O4S. The molecule has 0 radical (unpaired) electrons. The number of benzene rings is 2. The van der Waals surface area contributed by atoms with Crippen LogP contribution in [-0.4, -0.2) is 62.9 Å². The third kappa shape index (κ3) is 4.26. The maximum Gasteiger partial charge on any atom is 0.246 e.